The van der Waals surface area contributed by atoms with E-state index in [4.69, 9.17) is 4.74 Å². The van der Waals surface area contributed by atoms with Gasteiger partial charge in [-0.15, -0.1) is 0 Å². The number of benzene rings is 1. The van der Waals surface area contributed by atoms with Crippen molar-refractivity contribution in [2.45, 2.75) is 57.7 Å². The highest BCUT2D eigenvalue weighted by atomic mass is 16.5. The third-order valence-electron chi connectivity index (χ3n) is 4.05. The van der Waals surface area contributed by atoms with Gasteiger partial charge in [0.25, 0.3) is 0 Å². The number of hydrogen-bond acceptors (Lipinski definition) is 3. The molecule has 1 aromatic carbocycles. The Bertz CT molecular complexity index is 405. The van der Waals surface area contributed by atoms with Gasteiger partial charge in [-0.1, -0.05) is 31.9 Å². The van der Waals surface area contributed by atoms with Crippen LogP contribution in [0, 0.1) is 5.92 Å². The van der Waals surface area contributed by atoms with E-state index in [1.54, 1.807) is 0 Å². The maximum atomic E-state index is 10.0. The van der Waals surface area contributed by atoms with Gasteiger partial charge in [0.1, 0.15) is 5.75 Å². The molecular formula is C17H26O3. The van der Waals surface area contributed by atoms with E-state index in [1.165, 1.54) is 0 Å². The van der Waals surface area contributed by atoms with E-state index in [1.807, 2.05) is 24.3 Å². The lowest BCUT2D eigenvalue weighted by molar-refractivity contribution is 0.0808. The molecule has 1 aromatic rings. The summed E-state index contributed by atoms with van der Waals surface area (Å²) in [6.07, 6.45) is 5.17. The first-order chi connectivity index (χ1) is 9.69. The van der Waals surface area contributed by atoms with E-state index in [9.17, 15) is 10.2 Å². The zero-order valence-electron chi connectivity index (χ0n) is 12.3. The standard InChI is InChI=1S/C17H26O3/c1-2-5-17(19)14-7-4-9-16(11-14)20-12-13-6-3-8-15(18)10-13/h4,7,9,11,13,15,17-19H,2-3,5-6,8,10,12H2,1H3/t13-,15+,17+/m0/s1. The summed E-state index contributed by atoms with van der Waals surface area (Å²) in [4.78, 5) is 0. The maximum Gasteiger partial charge on any atom is 0.119 e. The summed E-state index contributed by atoms with van der Waals surface area (Å²) in [5, 5.41) is 19.7. The first-order valence-corrected chi connectivity index (χ1v) is 7.78. The van der Waals surface area contributed by atoms with Crippen LogP contribution in [-0.4, -0.2) is 22.9 Å². The molecule has 3 heteroatoms. The SMILES string of the molecule is CCC[C@@H](O)c1cccc(OC[C@H]2CCC[C@@H](O)C2)c1. The molecule has 0 aliphatic heterocycles. The molecule has 1 aliphatic rings. The summed E-state index contributed by atoms with van der Waals surface area (Å²) < 4.78 is 5.84. The smallest absolute Gasteiger partial charge is 0.119 e. The minimum Gasteiger partial charge on any atom is -0.493 e. The van der Waals surface area contributed by atoms with Crippen molar-refractivity contribution in [3.63, 3.8) is 0 Å². The molecule has 1 aliphatic carbocycles. The summed E-state index contributed by atoms with van der Waals surface area (Å²) in [7, 11) is 0. The molecule has 0 saturated heterocycles. The lowest BCUT2D eigenvalue weighted by Gasteiger charge is -2.25. The molecule has 112 valence electrons. The molecule has 0 spiro atoms. The van der Waals surface area contributed by atoms with Crippen LogP contribution in [0.4, 0.5) is 0 Å². The van der Waals surface area contributed by atoms with Crippen LogP contribution >= 0.6 is 0 Å². The van der Waals surface area contributed by atoms with Crippen molar-refractivity contribution < 1.29 is 14.9 Å². The van der Waals surface area contributed by atoms with Gasteiger partial charge >= 0.3 is 0 Å². The Kier molecular flexibility index (Phi) is 5.86. The summed E-state index contributed by atoms with van der Waals surface area (Å²) in [6.45, 7) is 2.72. The molecule has 2 N–H and O–H groups in total. The fourth-order valence-electron chi connectivity index (χ4n) is 2.88. The van der Waals surface area contributed by atoms with Gasteiger partial charge < -0.3 is 14.9 Å². The zero-order valence-corrected chi connectivity index (χ0v) is 12.3. The quantitative estimate of drug-likeness (QED) is 0.838. The van der Waals surface area contributed by atoms with Gasteiger partial charge in [0.2, 0.25) is 0 Å². The molecule has 3 atom stereocenters. The van der Waals surface area contributed by atoms with Crippen LogP contribution in [0.5, 0.6) is 5.75 Å². The molecule has 1 saturated carbocycles. The Hall–Kier alpha value is -1.06. The lowest BCUT2D eigenvalue weighted by atomic mass is 9.88. The van der Waals surface area contributed by atoms with Crippen LogP contribution in [0.25, 0.3) is 0 Å². The molecule has 20 heavy (non-hydrogen) atoms. The molecule has 0 aromatic heterocycles. The van der Waals surface area contributed by atoms with Crippen molar-refractivity contribution in [3.05, 3.63) is 29.8 Å². The summed E-state index contributed by atoms with van der Waals surface area (Å²) >= 11 is 0. The molecule has 0 unspecified atom stereocenters. The van der Waals surface area contributed by atoms with Gasteiger partial charge in [-0.05, 0) is 49.3 Å². The van der Waals surface area contributed by atoms with Crippen molar-refractivity contribution in [3.8, 4) is 5.75 Å². The number of aliphatic hydroxyl groups is 2. The van der Waals surface area contributed by atoms with E-state index in [0.717, 1.165) is 49.8 Å². The van der Waals surface area contributed by atoms with E-state index < -0.39 is 6.10 Å². The predicted molar refractivity (Wildman–Crippen MR) is 79.8 cm³/mol. The average molecular weight is 278 g/mol. The lowest BCUT2D eigenvalue weighted by Crippen LogP contribution is -2.24. The molecular weight excluding hydrogens is 252 g/mol. The fraction of sp³-hybridized carbons (Fsp3) is 0.647. The number of rotatable bonds is 6. The average Bonchev–Trinajstić information content (AvgIpc) is 2.46. The van der Waals surface area contributed by atoms with Crippen LogP contribution in [0.3, 0.4) is 0 Å². The van der Waals surface area contributed by atoms with E-state index in [2.05, 4.69) is 6.92 Å². The van der Waals surface area contributed by atoms with Crippen molar-refractivity contribution in [2.24, 2.45) is 5.92 Å². The van der Waals surface area contributed by atoms with Crippen molar-refractivity contribution >= 4 is 0 Å². The Morgan fingerprint density at radius 2 is 2.20 bits per heavy atom. The molecule has 0 amide bonds. The zero-order chi connectivity index (χ0) is 14.4. The number of aliphatic hydroxyl groups excluding tert-OH is 2. The van der Waals surface area contributed by atoms with E-state index in [-0.39, 0.29) is 6.10 Å². The summed E-state index contributed by atoms with van der Waals surface area (Å²) in [5.41, 5.74) is 0.924. The Morgan fingerprint density at radius 3 is 2.95 bits per heavy atom. The van der Waals surface area contributed by atoms with Gasteiger partial charge in [0, 0.05) is 0 Å². The highest BCUT2D eigenvalue weighted by molar-refractivity contribution is 5.29. The fourth-order valence-corrected chi connectivity index (χ4v) is 2.88. The van der Waals surface area contributed by atoms with E-state index >= 15 is 0 Å². The molecule has 0 heterocycles. The Labute approximate surface area is 121 Å². The minimum absolute atomic E-state index is 0.157. The van der Waals surface area contributed by atoms with Crippen LogP contribution < -0.4 is 4.74 Å². The summed E-state index contributed by atoms with van der Waals surface area (Å²) in [5.74, 6) is 1.26. The van der Waals surface area contributed by atoms with Crippen molar-refractivity contribution in [1.82, 2.24) is 0 Å². The van der Waals surface area contributed by atoms with Gasteiger partial charge in [0.15, 0.2) is 0 Å². The monoisotopic (exact) mass is 278 g/mol. The maximum absolute atomic E-state index is 10.0. The molecule has 1 fully saturated rings. The molecule has 0 bridgehead atoms. The Balaban J connectivity index is 1.87. The van der Waals surface area contributed by atoms with E-state index in [0.29, 0.717) is 12.5 Å². The second-order valence-corrected chi connectivity index (χ2v) is 5.87. The first kappa shape index (κ1) is 15.3. The van der Waals surface area contributed by atoms with Crippen molar-refractivity contribution in [1.29, 1.82) is 0 Å². The van der Waals surface area contributed by atoms with Gasteiger partial charge in [-0.3, -0.25) is 0 Å². The molecule has 2 rings (SSSR count). The predicted octanol–water partition coefficient (Wildman–Crippen LogP) is 3.45. The van der Waals surface area contributed by atoms with Gasteiger partial charge in [-0.2, -0.15) is 0 Å². The van der Waals surface area contributed by atoms with Gasteiger partial charge in [-0.25, -0.2) is 0 Å². The number of hydrogen-bond donors (Lipinski definition) is 2. The van der Waals surface area contributed by atoms with Crippen LogP contribution in [0.1, 0.15) is 57.1 Å². The third kappa shape index (κ3) is 4.50. The molecule has 3 nitrogen and oxygen atoms in total. The minimum atomic E-state index is -0.403. The van der Waals surface area contributed by atoms with Crippen LogP contribution in [-0.2, 0) is 0 Å². The Morgan fingerprint density at radius 1 is 1.35 bits per heavy atom. The first-order valence-electron chi connectivity index (χ1n) is 7.78. The van der Waals surface area contributed by atoms with Crippen molar-refractivity contribution in [2.75, 3.05) is 6.61 Å². The third-order valence-corrected chi connectivity index (χ3v) is 4.05. The topological polar surface area (TPSA) is 49.7 Å². The number of ether oxygens (including phenoxy) is 1. The largest absolute Gasteiger partial charge is 0.493 e. The van der Waals surface area contributed by atoms with Gasteiger partial charge in [0.05, 0.1) is 18.8 Å². The van der Waals surface area contributed by atoms with Crippen LogP contribution in [0.15, 0.2) is 24.3 Å². The second-order valence-electron chi connectivity index (χ2n) is 5.87. The normalized spacial score (nSPS) is 24.4. The second kappa shape index (κ2) is 7.65. The molecule has 0 radical (unpaired) electrons. The highest BCUT2D eigenvalue weighted by Crippen LogP contribution is 2.26. The highest BCUT2D eigenvalue weighted by Gasteiger charge is 2.20. The van der Waals surface area contributed by atoms with Crippen LogP contribution in [0.2, 0.25) is 0 Å². The summed E-state index contributed by atoms with van der Waals surface area (Å²) in [6, 6.07) is 7.73.